The van der Waals surface area contributed by atoms with Gasteiger partial charge in [-0.2, -0.15) is 0 Å². The van der Waals surface area contributed by atoms with Crippen LogP contribution in [0.3, 0.4) is 0 Å². The van der Waals surface area contributed by atoms with Gasteiger partial charge in [-0.25, -0.2) is 0 Å². The number of carbonyl (C=O) groups is 1. The number of para-hydroxylation sites is 1. The standard InChI is InChI=1S/C16H26N2O2/c1-5-18(12-16(19)17-13(2)3)10-11-20-15-9-7-6-8-14(15)4/h6-9,13H,5,10-12H2,1-4H3,(H,17,19). The van der Waals surface area contributed by atoms with Gasteiger partial charge in [0.05, 0.1) is 6.54 Å². The van der Waals surface area contributed by atoms with Crippen molar-refractivity contribution in [3.8, 4) is 5.75 Å². The van der Waals surface area contributed by atoms with Crippen molar-refractivity contribution in [1.29, 1.82) is 0 Å². The molecule has 1 aromatic carbocycles. The Morgan fingerprint density at radius 3 is 2.65 bits per heavy atom. The molecule has 20 heavy (non-hydrogen) atoms. The summed E-state index contributed by atoms with van der Waals surface area (Å²) in [6.45, 7) is 10.6. The number of ether oxygens (including phenoxy) is 1. The smallest absolute Gasteiger partial charge is 0.234 e. The fraction of sp³-hybridized carbons (Fsp3) is 0.562. The monoisotopic (exact) mass is 278 g/mol. The maximum absolute atomic E-state index is 11.7. The summed E-state index contributed by atoms with van der Waals surface area (Å²) in [7, 11) is 0. The number of hydrogen-bond acceptors (Lipinski definition) is 3. The van der Waals surface area contributed by atoms with E-state index >= 15 is 0 Å². The van der Waals surface area contributed by atoms with Crippen LogP contribution in [0.5, 0.6) is 5.75 Å². The van der Waals surface area contributed by atoms with E-state index in [1.807, 2.05) is 45.0 Å². The van der Waals surface area contributed by atoms with Crippen LogP contribution in [0.15, 0.2) is 24.3 Å². The second-order valence-electron chi connectivity index (χ2n) is 5.20. The van der Waals surface area contributed by atoms with Gasteiger partial charge in [-0.15, -0.1) is 0 Å². The molecule has 4 nitrogen and oxygen atoms in total. The predicted octanol–water partition coefficient (Wildman–Crippen LogP) is 2.22. The summed E-state index contributed by atoms with van der Waals surface area (Å²) in [5, 5.41) is 2.90. The van der Waals surface area contributed by atoms with Crippen LogP contribution in [0.25, 0.3) is 0 Å². The number of hydrogen-bond donors (Lipinski definition) is 1. The fourth-order valence-electron chi connectivity index (χ4n) is 1.92. The van der Waals surface area contributed by atoms with E-state index < -0.39 is 0 Å². The van der Waals surface area contributed by atoms with Crippen molar-refractivity contribution in [2.75, 3.05) is 26.2 Å². The molecule has 1 N–H and O–H groups in total. The van der Waals surface area contributed by atoms with Crippen molar-refractivity contribution in [3.05, 3.63) is 29.8 Å². The highest BCUT2D eigenvalue weighted by Crippen LogP contribution is 2.15. The number of nitrogens with zero attached hydrogens (tertiary/aromatic N) is 1. The zero-order valence-electron chi connectivity index (χ0n) is 13.0. The summed E-state index contributed by atoms with van der Waals surface area (Å²) < 4.78 is 5.76. The Hall–Kier alpha value is -1.55. The van der Waals surface area contributed by atoms with Crippen LogP contribution in [0.1, 0.15) is 26.3 Å². The number of aryl methyl sites for hydroxylation is 1. The van der Waals surface area contributed by atoms with Crippen LogP contribution in [-0.4, -0.2) is 43.1 Å². The lowest BCUT2D eigenvalue weighted by Crippen LogP contribution is -2.41. The van der Waals surface area contributed by atoms with Crippen molar-refractivity contribution >= 4 is 5.91 Å². The Morgan fingerprint density at radius 2 is 2.05 bits per heavy atom. The van der Waals surface area contributed by atoms with E-state index in [1.165, 1.54) is 0 Å². The Kier molecular flexibility index (Phi) is 7.09. The first-order chi connectivity index (χ1) is 9.52. The van der Waals surface area contributed by atoms with Gasteiger partial charge in [0.25, 0.3) is 0 Å². The number of nitrogens with one attached hydrogen (secondary N) is 1. The molecule has 0 aliphatic heterocycles. The Labute approximate surface area is 122 Å². The fourth-order valence-corrected chi connectivity index (χ4v) is 1.92. The van der Waals surface area contributed by atoms with Gasteiger partial charge in [0.2, 0.25) is 5.91 Å². The average Bonchev–Trinajstić information content (AvgIpc) is 2.38. The SMILES string of the molecule is CCN(CCOc1ccccc1C)CC(=O)NC(C)C. The van der Waals surface area contributed by atoms with Crippen molar-refractivity contribution in [3.63, 3.8) is 0 Å². The van der Waals surface area contributed by atoms with Gasteiger partial charge in [0.1, 0.15) is 12.4 Å². The topological polar surface area (TPSA) is 41.6 Å². The highest BCUT2D eigenvalue weighted by molar-refractivity contribution is 5.78. The maximum Gasteiger partial charge on any atom is 0.234 e. The number of rotatable bonds is 8. The van der Waals surface area contributed by atoms with Crippen molar-refractivity contribution in [2.24, 2.45) is 0 Å². The second-order valence-corrected chi connectivity index (χ2v) is 5.20. The molecule has 0 bridgehead atoms. The molecule has 0 atom stereocenters. The van der Waals surface area contributed by atoms with E-state index in [1.54, 1.807) is 0 Å². The van der Waals surface area contributed by atoms with Gasteiger partial charge in [0, 0.05) is 12.6 Å². The zero-order chi connectivity index (χ0) is 15.0. The van der Waals surface area contributed by atoms with Gasteiger partial charge in [-0.1, -0.05) is 25.1 Å². The quantitative estimate of drug-likeness (QED) is 0.793. The second kappa shape index (κ2) is 8.59. The van der Waals surface area contributed by atoms with E-state index in [2.05, 4.69) is 17.1 Å². The summed E-state index contributed by atoms with van der Waals surface area (Å²) in [6, 6.07) is 8.15. The third-order valence-electron chi connectivity index (χ3n) is 3.02. The largest absolute Gasteiger partial charge is 0.492 e. The Bertz CT molecular complexity index is 419. The van der Waals surface area contributed by atoms with Crippen LogP contribution < -0.4 is 10.1 Å². The summed E-state index contributed by atoms with van der Waals surface area (Å²) >= 11 is 0. The normalized spacial score (nSPS) is 10.9. The molecule has 1 aromatic rings. The summed E-state index contributed by atoms with van der Waals surface area (Å²) in [5.74, 6) is 0.980. The van der Waals surface area contributed by atoms with E-state index in [0.29, 0.717) is 13.2 Å². The lowest BCUT2D eigenvalue weighted by molar-refractivity contribution is -0.122. The molecule has 0 heterocycles. The first-order valence-corrected chi connectivity index (χ1v) is 7.23. The molecule has 0 spiro atoms. The Balaban J connectivity index is 2.35. The van der Waals surface area contributed by atoms with Crippen LogP contribution >= 0.6 is 0 Å². The number of carbonyl (C=O) groups excluding carboxylic acids is 1. The molecule has 0 aliphatic rings. The third-order valence-corrected chi connectivity index (χ3v) is 3.02. The molecular formula is C16H26N2O2. The maximum atomic E-state index is 11.7. The van der Waals surface area contributed by atoms with Crippen LogP contribution in [0.2, 0.25) is 0 Å². The summed E-state index contributed by atoms with van der Waals surface area (Å²) in [5.41, 5.74) is 1.13. The molecule has 0 aliphatic carbocycles. The van der Waals surface area contributed by atoms with Crippen LogP contribution in [0.4, 0.5) is 0 Å². The average molecular weight is 278 g/mol. The molecule has 4 heteroatoms. The zero-order valence-corrected chi connectivity index (χ0v) is 13.0. The molecule has 1 rings (SSSR count). The van der Waals surface area contributed by atoms with E-state index in [4.69, 9.17) is 4.74 Å². The van der Waals surface area contributed by atoms with Crippen LogP contribution in [0, 0.1) is 6.92 Å². The van der Waals surface area contributed by atoms with Gasteiger partial charge in [0.15, 0.2) is 0 Å². The summed E-state index contributed by atoms with van der Waals surface area (Å²) in [6.07, 6.45) is 0. The first-order valence-electron chi connectivity index (χ1n) is 7.23. The number of likely N-dealkylation sites (N-methyl/N-ethyl adjacent to an activating group) is 1. The minimum absolute atomic E-state index is 0.0674. The molecule has 112 valence electrons. The molecule has 0 radical (unpaired) electrons. The minimum Gasteiger partial charge on any atom is -0.492 e. The van der Waals surface area contributed by atoms with Crippen molar-refractivity contribution < 1.29 is 9.53 Å². The third kappa shape index (κ3) is 6.06. The first kappa shape index (κ1) is 16.5. The van der Waals surface area contributed by atoms with Gasteiger partial charge in [-0.3, -0.25) is 9.69 Å². The van der Waals surface area contributed by atoms with Crippen molar-refractivity contribution in [2.45, 2.75) is 33.7 Å². The number of amides is 1. The van der Waals surface area contributed by atoms with Crippen molar-refractivity contribution in [1.82, 2.24) is 10.2 Å². The molecule has 1 amide bonds. The molecule has 0 saturated carbocycles. The summed E-state index contributed by atoms with van der Waals surface area (Å²) in [4.78, 5) is 13.8. The van der Waals surface area contributed by atoms with E-state index in [0.717, 1.165) is 24.4 Å². The minimum atomic E-state index is 0.0674. The predicted molar refractivity (Wildman–Crippen MR) is 82.1 cm³/mol. The van der Waals surface area contributed by atoms with Gasteiger partial charge >= 0.3 is 0 Å². The van der Waals surface area contributed by atoms with Gasteiger partial charge < -0.3 is 10.1 Å². The lowest BCUT2D eigenvalue weighted by atomic mass is 10.2. The Morgan fingerprint density at radius 1 is 1.35 bits per heavy atom. The highest BCUT2D eigenvalue weighted by Gasteiger charge is 2.10. The molecule has 0 saturated heterocycles. The lowest BCUT2D eigenvalue weighted by Gasteiger charge is -2.21. The molecule has 0 fully saturated rings. The van der Waals surface area contributed by atoms with Crippen LogP contribution in [-0.2, 0) is 4.79 Å². The van der Waals surface area contributed by atoms with E-state index in [9.17, 15) is 4.79 Å². The molecule has 0 unspecified atom stereocenters. The highest BCUT2D eigenvalue weighted by atomic mass is 16.5. The molecule has 0 aromatic heterocycles. The number of benzene rings is 1. The van der Waals surface area contributed by atoms with Gasteiger partial charge in [-0.05, 0) is 38.9 Å². The van der Waals surface area contributed by atoms with E-state index in [-0.39, 0.29) is 11.9 Å². The molecular weight excluding hydrogens is 252 g/mol.